The quantitative estimate of drug-likeness (QED) is 0.711. The van der Waals surface area contributed by atoms with E-state index < -0.39 is 0 Å². The van der Waals surface area contributed by atoms with Crippen molar-refractivity contribution in [1.29, 1.82) is 0 Å². The molecule has 0 unspecified atom stereocenters. The predicted molar refractivity (Wildman–Crippen MR) is 70.6 cm³/mol. The smallest absolute Gasteiger partial charge is 0.00856 e. The summed E-state index contributed by atoms with van der Waals surface area (Å²) < 4.78 is 0. The number of rotatable bonds is 2. The highest BCUT2D eigenvalue weighted by atomic mass is 14.0. The van der Waals surface area contributed by atoms with Gasteiger partial charge >= 0.3 is 0 Å². The molecule has 0 saturated heterocycles. The Bertz CT molecular complexity index is 579. The van der Waals surface area contributed by atoms with Crippen molar-refractivity contribution in [3.05, 3.63) is 70.1 Å². The van der Waals surface area contributed by atoms with E-state index >= 15 is 0 Å². The van der Waals surface area contributed by atoms with Crippen molar-refractivity contribution in [2.45, 2.75) is 13.3 Å². The highest BCUT2D eigenvalue weighted by Gasteiger charge is 1.93. The van der Waals surface area contributed by atoms with Gasteiger partial charge in [0.25, 0.3) is 0 Å². The molecular weight excluding hydrogens is 192 g/mol. The molecule has 2 rings (SSSR count). The number of benzene rings is 2. The van der Waals surface area contributed by atoms with Gasteiger partial charge in [-0.3, -0.25) is 0 Å². The summed E-state index contributed by atoms with van der Waals surface area (Å²) in [6.07, 6.45) is 3.21. The Labute approximate surface area is 96.6 Å². The maximum absolute atomic E-state index is 4.02. The Kier molecular flexibility index (Phi) is 3.21. The van der Waals surface area contributed by atoms with Crippen molar-refractivity contribution in [2.24, 2.45) is 0 Å². The lowest BCUT2D eigenvalue weighted by molar-refractivity contribution is 1.25. The lowest BCUT2D eigenvalue weighted by atomic mass is 10.1. The Hall–Kier alpha value is -1.82. The van der Waals surface area contributed by atoms with Crippen LogP contribution < -0.4 is 10.4 Å². The summed E-state index contributed by atoms with van der Waals surface area (Å²) in [6, 6.07) is 16.7. The molecule has 0 aromatic heterocycles. The van der Waals surface area contributed by atoms with E-state index in [0.717, 1.165) is 11.6 Å². The molecular formula is C16H16. The van der Waals surface area contributed by atoms with Gasteiger partial charge in [-0.15, -0.1) is 0 Å². The van der Waals surface area contributed by atoms with Crippen LogP contribution in [0.2, 0.25) is 0 Å². The highest BCUT2D eigenvalue weighted by molar-refractivity contribution is 5.37. The molecule has 0 radical (unpaired) electrons. The third-order valence-corrected chi connectivity index (χ3v) is 2.86. The maximum Gasteiger partial charge on any atom is -0.00856 e. The molecule has 0 aliphatic carbocycles. The average molecular weight is 208 g/mol. The summed E-state index contributed by atoms with van der Waals surface area (Å²) in [7, 11) is 0. The second-order valence-corrected chi connectivity index (χ2v) is 4.03. The zero-order valence-corrected chi connectivity index (χ0v) is 9.61. The number of hydrogen-bond acceptors (Lipinski definition) is 0. The van der Waals surface area contributed by atoms with Gasteiger partial charge < -0.3 is 0 Å². The summed E-state index contributed by atoms with van der Waals surface area (Å²) in [5.74, 6) is 0. The fourth-order valence-electron chi connectivity index (χ4n) is 1.79. The first-order chi connectivity index (χ1) is 7.77. The van der Waals surface area contributed by atoms with Crippen molar-refractivity contribution >= 4 is 12.7 Å². The Morgan fingerprint density at radius 2 is 1.69 bits per heavy atom. The molecule has 0 aliphatic rings. The lowest BCUT2D eigenvalue weighted by Crippen LogP contribution is -2.21. The standard InChI is InChI=1S/C16H16/c1-13-7-3-5-9-15(13)11-12-16-10-6-4-8-14(16)2/h3-11H,1,12H2,2H3. The molecule has 0 spiro atoms. The van der Waals surface area contributed by atoms with Gasteiger partial charge in [-0.25, -0.2) is 0 Å². The normalized spacial score (nSPS) is 11.7. The van der Waals surface area contributed by atoms with Crippen LogP contribution >= 0.6 is 0 Å². The Morgan fingerprint density at radius 1 is 1.00 bits per heavy atom. The van der Waals surface area contributed by atoms with Crippen LogP contribution in [0.5, 0.6) is 0 Å². The van der Waals surface area contributed by atoms with E-state index in [-0.39, 0.29) is 0 Å². The zero-order valence-electron chi connectivity index (χ0n) is 9.61. The third-order valence-electron chi connectivity index (χ3n) is 2.86. The van der Waals surface area contributed by atoms with Crippen molar-refractivity contribution in [1.82, 2.24) is 0 Å². The summed E-state index contributed by atoms with van der Waals surface area (Å²) in [5, 5.41) is 2.32. The van der Waals surface area contributed by atoms with Gasteiger partial charge in [0.15, 0.2) is 0 Å². The maximum atomic E-state index is 4.02. The number of hydrogen-bond donors (Lipinski definition) is 0. The minimum absolute atomic E-state index is 0.971. The molecule has 0 fully saturated rings. The van der Waals surface area contributed by atoms with Crippen LogP contribution in [0.3, 0.4) is 0 Å². The van der Waals surface area contributed by atoms with E-state index in [2.05, 4.69) is 56.0 Å². The molecule has 0 atom stereocenters. The summed E-state index contributed by atoms with van der Waals surface area (Å²) in [4.78, 5) is 0. The second kappa shape index (κ2) is 4.80. The molecule has 0 N–H and O–H groups in total. The largest absolute Gasteiger partial charge is 0.0912 e. The second-order valence-electron chi connectivity index (χ2n) is 4.03. The third kappa shape index (κ3) is 2.40. The van der Waals surface area contributed by atoms with E-state index in [0.29, 0.717) is 0 Å². The Morgan fingerprint density at radius 3 is 2.44 bits per heavy atom. The molecule has 0 heterocycles. The topological polar surface area (TPSA) is 0 Å². The van der Waals surface area contributed by atoms with E-state index in [1.165, 1.54) is 16.3 Å². The van der Waals surface area contributed by atoms with Crippen molar-refractivity contribution in [3.8, 4) is 0 Å². The average Bonchev–Trinajstić information content (AvgIpc) is 2.30. The lowest BCUT2D eigenvalue weighted by Gasteiger charge is -2.00. The van der Waals surface area contributed by atoms with Crippen LogP contribution in [0.1, 0.15) is 11.1 Å². The molecule has 2 aromatic carbocycles. The molecule has 0 saturated carbocycles. The van der Waals surface area contributed by atoms with Gasteiger partial charge in [0.05, 0.1) is 0 Å². The summed E-state index contributed by atoms with van der Waals surface area (Å²) >= 11 is 0. The fourth-order valence-corrected chi connectivity index (χ4v) is 1.79. The van der Waals surface area contributed by atoms with Gasteiger partial charge in [0.1, 0.15) is 0 Å². The van der Waals surface area contributed by atoms with Gasteiger partial charge in [-0.05, 0) is 34.9 Å². The molecule has 0 nitrogen and oxygen atoms in total. The molecule has 0 bridgehead atoms. The monoisotopic (exact) mass is 208 g/mol. The Balaban J connectivity index is 2.32. The summed E-state index contributed by atoms with van der Waals surface area (Å²) in [5.41, 5.74) is 2.73. The first-order valence-electron chi connectivity index (χ1n) is 5.56. The van der Waals surface area contributed by atoms with Crippen LogP contribution in [0.25, 0.3) is 12.7 Å². The van der Waals surface area contributed by atoms with Gasteiger partial charge in [-0.2, -0.15) is 0 Å². The van der Waals surface area contributed by atoms with Crippen LogP contribution in [0.4, 0.5) is 0 Å². The van der Waals surface area contributed by atoms with Crippen molar-refractivity contribution in [3.63, 3.8) is 0 Å². The van der Waals surface area contributed by atoms with Crippen LogP contribution in [-0.4, -0.2) is 0 Å². The molecule has 0 amide bonds. The van der Waals surface area contributed by atoms with Crippen LogP contribution in [0, 0.1) is 6.92 Å². The van der Waals surface area contributed by atoms with Crippen molar-refractivity contribution < 1.29 is 0 Å². The molecule has 80 valence electrons. The molecule has 2 aromatic rings. The summed E-state index contributed by atoms with van der Waals surface area (Å²) in [6.45, 7) is 6.18. The SMILES string of the molecule is C=c1ccccc1=CCc1ccccc1C. The minimum Gasteiger partial charge on any atom is -0.0912 e. The predicted octanol–water partition coefficient (Wildman–Crippen LogP) is 2.43. The fraction of sp³-hybridized carbons (Fsp3) is 0.125. The van der Waals surface area contributed by atoms with Crippen LogP contribution in [0.15, 0.2) is 48.5 Å². The number of aryl methyl sites for hydroxylation is 1. The van der Waals surface area contributed by atoms with Crippen molar-refractivity contribution in [2.75, 3.05) is 0 Å². The van der Waals surface area contributed by atoms with E-state index in [1.54, 1.807) is 0 Å². The highest BCUT2D eigenvalue weighted by Crippen LogP contribution is 2.07. The van der Waals surface area contributed by atoms with E-state index in [4.69, 9.17) is 0 Å². The molecule has 0 heteroatoms. The molecule has 16 heavy (non-hydrogen) atoms. The first kappa shape index (κ1) is 10.7. The van der Waals surface area contributed by atoms with Crippen LogP contribution in [-0.2, 0) is 6.42 Å². The van der Waals surface area contributed by atoms with Gasteiger partial charge in [-0.1, -0.05) is 61.2 Å². The zero-order chi connectivity index (χ0) is 11.4. The van der Waals surface area contributed by atoms with E-state index in [9.17, 15) is 0 Å². The van der Waals surface area contributed by atoms with Gasteiger partial charge in [0.2, 0.25) is 0 Å². The van der Waals surface area contributed by atoms with E-state index in [1.807, 2.05) is 12.1 Å². The minimum atomic E-state index is 0.971. The molecule has 0 aliphatic heterocycles. The first-order valence-corrected chi connectivity index (χ1v) is 5.56. The van der Waals surface area contributed by atoms with Gasteiger partial charge in [0, 0.05) is 0 Å².